The lowest BCUT2D eigenvalue weighted by Gasteiger charge is -2.07. The monoisotopic (exact) mass is 298 g/mol. The molecule has 0 spiro atoms. The van der Waals surface area contributed by atoms with Gasteiger partial charge in [0.1, 0.15) is 0 Å². The summed E-state index contributed by atoms with van der Waals surface area (Å²) in [7, 11) is 0. The lowest BCUT2D eigenvalue weighted by molar-refractivity contribution is 0.520. The van der Waals surface area contributed by atoms with Crippen LogP contribution in [0, 0.1) is 5.92 Å². The third-order valence-electron chi connectivity index (χ3n) is 2.78. The number of nitrogen functional groups attached to an aromatic ring is 1. The molecule has 0 aromatic heterocycles. The Morgan fingerprint density at radius 3 is 2.71 bits per heavy atom. The van der Waals surface area contributed by atoms with Crippen LogP contribution < -0.4 is 11.1 Å². The van der Waals surface area contributed by atoms with Crippen molar-refractivity contribution < 1.29 is 0 Å². The molecule has 0 unspecified atom stereocenters. The van der Waals surface area contributed by atoms with E-state index in [2.05, 4.69) is 47.2 Å². The lowest BCUT2D eigenvalue weighted by Crippen LogP contribution is -2.14. The van der Waals surface area contributed by atoms with E-state index >= 15 is 0 Å². The average molecular weight is 299 g/mol. The second kappa shape index (κ2) is 7.72. The van der Waals surface area contributed by atoms with E-state index in [1.165, 1.54) is 24.8 Å². The van der Waals surface area contributed by atoms with Crippen molar-refractivity contribution >= 4 is 21.6 Å². The fraction of sp³-hybridized carbons (Fsp3) is 0.571. The number of nitrogens with two attached hydrogens (primary N) is 1. The van der Waals surface area contributed by atoms with E-state index in [4.69, 9.17) is 5.73 Å². The highest BCUT2D eigenvalue weighted by atomic mass is 79.9. The van der Waals surface area contributed by atoms with E-state index in [0.29, 0.717) is 0 Å². The molecule has 0 saturated carbocycles. The first-order valence-electron chi connectivity index (χ1n) is 6.34. The highest BCUT2D eigenvalue weighted by Crippen LogP contribution is 2.20. The van der Waals surface area contributed by atoms with Crippen LogP contribution in [0.4, 0.5) is 5.69 Å². The summed E-state index contributed by atoms with van der Waals surface area (Å²) in [4.78, 5) is 0. The highest BCUT2D eigenvalue weighted by molar-refractivity contribution is 9.10. The van der Waals surface area contributed by atoms with E-state index in [0.717, 1.165) is 29.2 Å². The zero-order valence-electron chi connectivity index (χ0n) is 10.8. The van der Waals surface area contributed by atoms with Crippen LogP contribution >= 0.6 is 15.9 Å². The van der Waals surface area contributed by atoms with Crippen LogP contribution in [-0.4, -0.2) is 6.54 Å². The molecule has 0 aliphatic carbocycles. The topological polar surface area (TPSA) is 38.0 Å². The molecule has 0 amide bonds. The van der Waals surface area contributed by atoms with Gasteiger partial charge in [-0.3, -0.25) is 0 Å². The van der Waals surface area contributed by atoms with E-state index in [1.807, 2.05) is 6.07 Å². The van der Waals surface area contributed by atoms with Gasteiger partial charge in [-0.15, -0.1) is 0 Å². The maximum atomic E-state index is 5.74. The van der Waals surface area contributed by atoms with Crippen molar-refractivity contribution in [1.82, 2.24) is 5.32 Å². The summed E-state index contributed by atoms with van der Waals surface area (Å²) in [5, 5.41) is 3.46. The normalized spacial score (nSPS) is 11.1. The fourth-order valence-corrected chi connectivity index (χ4v) is 2.14. The summed E-state index contributed by atoms with van der Waals surface area (Å²) < 4.78 is 0.983. The smallest absolute Gasteiger partial charge is 0.0458 e. The Labute approximate surface area is 113 Å². The molecule has 0 aliphatic rings. The fourth-order valence-electron chi connectivity index (χ4n) is 1.72. The van der Waals surface area contributed by atoms with Gasteiger partial charge in [-0.1, -0.05) is 32.8 Å². The summed E-state index contributed by atoms with van der Waals surface area (Å²) >= 11 is 3.44. The molecule has 0 fully saturated rings. The zero-order chi connectivity index (χ0) is 12.7. The molecule has 3 N–H and O–H groups in total. The summed E-state index contributed by atoms with van der Waals surface area (Å²) in [6.07, 6.45) is 3.90. The number of benzene rings is 1. The van der Waals surface area contributed by atoms with Crippen molar-refractivity contribution in [1.29, 1.82) is 0 Å². The van der Waals surface area contributed by atoms with Gasteiger partial charge in [-0.05, 0) is 52.5 Å². The molecule has 2 nitrogen and oxygen atoms in total. The SMILES string of the molecule is CC(C)CCCCNCc1ccc(N)c(Br)c1. The predicted octanol–water partition coefficient (Wildman–Crippen LogP) is 3.95. The molecule has 0 heterocycles. The Morgan fingerprint density at radius 1 is 1.29 bits per heavy atom. The second-order valence-corrected chi connectivity index (χ2v) is 5.78. The Kier molecular flexibility index (Phi) is 6.60. The van der Waals surface area contributed by atoms with Gasteiger partial charge in [0, 0.05) is 16.7 Å². The third-order valence-corrected chi connectivity index (χ3v) is 3.47. The van der Waals surface area contributed by atoms with E-state index < -0.39 is 0 Å². The first-order valence-corrected chi connectivity index (χ1v) is 7.13. The van der Waals surface area contributed by atoms with Crippen LogP contribution in [0.2, 0.25) is 0 Å². The van der Waals surface area contributed by atoms with Gasteiger partial charge in [-0.25, -0.2) is 0 Å². The van der Waals surface area contributed by atoms with Crippen LogP contribution in [0.1, 0.15) is 38.7 Å². The maximum absolute atomic E-state index is 5.74. The Hall–Kier alpha value is -0.540. The van der Waals surface area contributed by atoms with E-state index in [1.54, 1.807) is 0 Å². The predicted molar refractivity (Wildman–Crippen MR) is 79.0 cm³/mol. The number of nitrogens with one attached hydrogen (secondary N) is 1. The molecule has 3 heteroatoms. The quantitative estimate of drug-likeness (QED) is 0.591. The van der Waals surface area contributed by atoms with Crippen molar-refractivity contribution in [3.8, 4) is 0 Å². The Balaban J connectivity index is 2.16. The largest absolute Gasteiger partial charge is 0.398 e. The Bertz CT molecular complexity index is 337. The first-order chi connectivity index (χ1) is 8.09. The van der Waals surface area contributed by atoms with Gasteiger partial charge in [-0.2, -0.15) is 0 Å². The molecule has 0 saturated heterocycles. The van der Waals surface area contributed by atoms with E-state index in [-0.39, 0.29) is 0 Å². The van der Waals surface area contributed by atoms with Crippen LogP contribution in [0.15, 0.2) is 22.7 Å². The minimum atomic E-state index is 0.797. The van der Waals surface area contributed by atoms with Crippen LogP contribution in [-0.2, 0) is 6.54 Å². The number of rotatable bonds is 7. The molecule has 0 atom stereocenters. The molecule has 1 aromatic rings. The maximum Gasteiger partial charge on any atom is 0.0458 e. The van der Waals surface area contributed by atoms with Gasteiger partial charge in [0.05, 0.1) is 0 Å². The highest BCUT2D eigenvalue weighted by Gasteiger charge is 1.98. The van der Waals surface area contributed by atoms with Crippen molar-refractivity contribution in [3.05, 3.63) is 28.2 Å². The number of hydrogen-bond acceptors (Lipinski definition) is 2. The molecule has 96 valence electrons. The average Bonchev–Trinajstić information content (AvgIpc) is 2.27. The molecular weight excluding hydrogens is 276 g/mol. The van der Waals surface area contributed by atoms with Crippen LogP contribution in [0.25, 0.3) is 0 Å². The first kappa shape index (κ1) is 14.5. The van der Waals surface area contributed by atoms with Gasteiger partial charge >= 0.3 is 0 Å². The molecule has 0 aliphatic heterocycles. The van der Waals surface area contributed by atoms with Crippen molar-refractivity contribution in [2.75, 3.05) is 12.3 Å². The number of unbranched alkanes of at least 4 members (excludes halogenated alkanes) is 1. The number of halogens is 1. The summed E-state index contributed by atoms with van der Waals surface area (Å²) in [6, 6.07) is 6.09. The van der Waals surface area contributed by atoms with Gasteiger partial charge in [0.25, 0.3) is 0 Å². The standard InChI is InChI=1S/C14H23BrN2/c1-11(2)5-3-4-8-17-10-12-6-7-14(16)13(15)9-12/h6-7,9,11,17H,3-5,8,10,16H2,1-2H3. The second-order valence-electron chi connectivity index (χ2n) is 4.92. The molecule has 1 rings (SSSR count). The zero-order valence-corrected chi connectivity index (χ0v) is 12.4. The molecular formula is C14H23BrN2. The molecule has 17 heavy (non-hydrogen) atoms. The van der Waals surface area contributed by atoms with Crippen molar-refractivity contribution in [2.45, 2.75) is 39.7 Å². The minimum Gasteiger partial charge on any atom is -0.398 e. The summed E-state index contributed by atoms with van der Waals surface area (Å²) in [6.45, 7) is 6.56. The Morgan fingerprint density at radius 2 is 2.06 bits per heavy atom. The summed E-state index contributed by atoms with van der Waals surface area (Å²) in [5.41, 5.74) is 7.81. The third kappa shape index (κ3) is 6.08. The molecule has 0 radical (unpaired) electrons. The molecule has 0 bridgehead atoms. The van der Waals surface area contributed by atoms with Crippen molar-refractivity contribution in [3.63, 3.8) is 0 Å². The summed E-state index contributed by atoms with van der Waals surface area (Å²) in [5.74, 6) is 0.822. The van der Waals surface area contributed by atoms with Crippen LogP contribution in [0.5, 0.6) is 0 Å². The minimum absolute atomic E-state index is 0.797. The lowest BCUT2D eigenvalue weighted by atomic mass is 10.1. The van der Waals surface area contributed by atoms with E-state index in [9.17, 15) is 0 Å². The van der Waals surface area contributed by atoms with Gasteiger partial charge in [0.15, 0.2) is 0 Å². The number of anilines is 1. The van der Waals surface area contributed by atoms with Gasteiger partial charge < -0.3 is 11.1 Å². The van der Waals surface area contributed by atoms with Crippen molar-refractivity contribution in [2.24, 2.45) is 5.92 Å². The number of hydrogen-bond donors (Lipinski definition) is 2. The molecule has 1 aromatic carbocycles. The van der Waals surface area contributed by atoms with Crippen LogP contribution in [0.3, 0.4) is 0 Å². The van der Waals surface area contributed by atoms with Gasteiger partial charge in [0.2, 0.25) is 0 Å².